The number of hydrogen-bond acceptors (Lipinski definition) is 4. The molecule has 2 rings (SSSR count). The molecule has 0 saturated carbocycles. The number of aromatic nitrogens is 1. The van der Waals surface area contributed by atoms with E-state index in [-0.39, 0.29) is 24.0 Å². The highest BCUT2D eigenvalue weighted by molar-refractivity contribution is 9.10. The monoisotopic (exact) mass is 382 g/mol. The minimum Gasteiger partial charge on any atom is -0.477 e. The third-order valence-electron chi connectivity index (χ3n) is 3.31. The van der Waals surface area contributed by atoms with E-state index in [0.717, 1.165) is 4.47 Å². The molecule has 0 aliphatic carbocycles. The fourth-order valence-electron chi connectivity index (χ4n) is 2.11. The molecule has 0 bridgehead atoms. The molecule has 5 nitrogen and oxygen atoms in total. The van der Waals surface area contributed by atoms with Crippen LogP contribution in [0.25, 0.3) is 0 Å². The van der Waals surface area contributed by atoms with Crippen LogP contribution in [0.4, 0.5) is 10.2 Å². The van der Waals surface area contributed by atoms with Crippen molar-refractivity contribution >= 4 is 27.7 Å². The van der Waals surface area contributed by atoms with Crippen LogP contribution in [0, 0.1) is 11.7 Å². The van der Waals surface area contributed by atoms with Crippen LogP contribution in [0.5, 0.6) is 0 Å². The van der Waals surface area contributed by atoms with Gasteiger partial charge in [0, 0.05) is 23.5 Å². The summed E-state index contributed by atoms with van der Waals surface area (Å²) in [5, 5.41) is 21.4. The molecular formula is C16H16BrFN2O3. The minimum atomic E-state index is -1.11. The Hall–Kier alpha value is -1.99. The van der Waals surface area contributed by atoms with E-state index in [9.17, 15) is 14.3 Å². The lowest BCUT2D eigenvalue weighted by Crippen LogP contribution is -2.21. The van der Waals surface area contributed by atoms with Gasteiger partial charge in [0.1, 0.15) is 11.6 Å². The second-order valence-corrected chi connectivity index (χ2v) is 6.00. The van der Waals surface area contributed by atoms with Gasteiger partial charge in [-0.3, -0.25) is 0 Å². The second-order valence-electron chi connectivity index (χ2n) is 5.08. The molecule has 1 atom stereocenters. The Morgan fingerprint density at radius 1 is 1.35 bits per heavy atom. The predicted molar refractivity (Wildman–Crippen MR) is 88.1 cm³/mol. The summed E-state index contributed by atoms with van der Waals surface area (Å²) >= 11 is 3.29. The number of rotatable bonds is 7. The zero-order chi connectivity index (χ0) is 16.8. The first-order valence-corrected chi connectivity index (χ1v) is 7.78. The number of halogens is 2. The van der Waals surface area contributed by atoms with Crippen molar-refractivity contribution in [2.75, 3.05) is 18.5 Å². The molecule has 0 radical (unpaired) electrons. The molecule has 0 fully saturated rings. The number of nitrogens with zero attached hydrogens (tertiary/aromatic N) is 1. The summed E-state index contributed by atoms with van der Waals surface area (Å²) in [6.45, 7) is 0.218. The lowest BCUT2D eigenvalue weighted by molar-refractivity contribution is 0.0690. The summed E-state index contributed by atoms with van der Waals surface area (Å²) in [5.41, 5.74) is 0.445. The van der Waals surface area contributed by atoms with Crippen molar-refractivity contribution in [1.82, 2.24) is 4.98 Å². The Morgan fingerprint density at radius 3 is 2.83 bits per heavy atom. The molecule has 0 aliphatic heterocycles. The van der Waals surface area contributed by atoms with E-state index in [1.807, 2.05) is 0 Å². The number of pyridine rings is 1. The maximum absolute atomic E-state index is 13.8. The van der Waals surface area contributed by atoms with Gasteiger partial charge in [-0.05, 0) is 42.3 Å². The first-order chi connectivity index (χ1) is 11.0. The number of anilines is 1. The average molecular weight is 383 g/mol. The van der Waals surface area contributed by atoms with Crippen LogP contribution in [0.3, 0.4) is 0 Å². The zero-order valence-corrected chi connectivity index (χ0v) is 13.8. The molecule has 2 aromatic rings. The van der Waals surface area contributed by atoms with Gasteiger partial charge in [0.15, 0.2) is 5.69 Å². The Balaban J connectivity index is 2.01. The summed E-state index contributed by atoms with van der Waals surface area (Å²) in [4.78, 5) is 14.8. The van der Waals surface area contributed by atoms with Gasteiger partial charge in [0.25, 0.3) is 0 Å². The molecule has 23 heavy (non-hydrogen) atoms. The molecule has 1 aromatic carbocycles. The normalized spacial score (nSPS) is 12.0. The third kappa shape index (κ3) is 5.01. The number of carboxylic acid groups (broad SMARTS) is 1. The van der Waals surface area contributed by atoms with Gasteiger partial charge in [0.05, 0.1) is 0 Å². The van der Waals surface area contributed by atoms with E-state index < -0.39 is 5.97 Å². The minimum absolute atomic E-state index is 0.0615. The number of carbonyl (C=O) groups is 1. The SMILES string of the molecule is O=C(O)c1cccc(NCC(CO)Cc2cc(Br)ccc2F)n1. The fourth-order valence-corrected chi connectivity index (χ4v) is 2.52. The van der Waals surface area contributed by atoms with Gasteiger partial charge in [-0.15, -0.1) is 0 Å². The quantitative estimate of drug-likeness (QED) is 0.685. The summed E-state index contributed by atoms with van der Waals surface area (Å²) in [7, 11) is 0. The number of benzene rings is 1. The van der Waals surface area contributed by atoms with Crippen LogP contribution >= 0.6 is 15.9 Å². The van der Waals surface area contributed by atoms with Crippen LogP contribution in [-0.2, 0) is 6.42 Å². The second kappa shape index (κ2) is 8.03. The number of aromatic carboxylic acids is 1. The largest absolute Gasteiger partial charge is 0.477 e. The van der Waals surface area contributed by atoms with Crippen LogP contribution < -0.4 is 5.32 Å². The number of aliphatic hydroxyl groups excluding tert-OH is 1. The molecule has 3 N–H and O–H groups in total. The molecule has 0 aliphatic rings. The molecule has 0 amide bonds. The van der Waals surface area contributed by atoms with Gasteiger partial charge in [0.2, 0.25) is 0 Å². The molecule has 0 saturated heterocycles. The Morgan fingerprint density at radius 2 is 2.13 bits per heavy atom. The van der Waals surface area contributed by atoms with Crippen molar-refractivity contribution in [3.8, 4) is 0 Å². The van der Waals surface area contributed by atoms with Crippen LogP contribution in [0.15, 0.2) is 40.9 Å². The third-order valence-corrected chi connectivity index (χ3v) is 3.81. The van der Waals surface area contributed by atoms with Gasteiger partial charge >= 0.3 is 5.97 Å². The Bertz CT molecular complexity index is 697. The van der Waals surface area contributed by atoms with Crippen molar-refractivity contribution in [3.63, 3.8) is 0 Å². The molecule has 0 spiro atoms. The summed E-state index contributed by atoms with van der Waals surface area (Å²) < 4.78 is 14.5. The van der Waals surface area contributed by atoms with E-state index in [2.05, 4.69) is 26.2 Å². The van der Waals surface area contributed by atoms with Crippen molar-refractivity contribution in [2.45, 2.75) is 6.42 Å². The number of carboxylic acids is 1. The summed E-state index contributed by atoms with van der Waals surface area (Å²) in [5.74, 6) is -1.26. The lowest BCUT2D eigenvalue weighted by Gasteiger charge is -2.16. The fraction of sp³-hybridized carbons (Fsp3) is 0.250. The van der Waals surface area contributed by atoms with E-state index in [1.54, 1.807) is 24.3 Å². The molecule has 1 aromatic heterocycles. The van der Waals surface area contributed by atoms with E-state index >= 15 is 0 Å². The standard InChI is InChI=1S/C16H16BrFN2O3/c17-12-4-5-13(18)11(7-12)6-10(9-21)8-19-15-3-1-2-14(20-15)16(22)23/h1-5,7,10,21H,6,8-9H2,(H,19,20)(H,22,23). The maximum Gasteiger partial charge on any atom is 0.354 e. The Kier molecular flexibility index (Phi) is 6.06. The van der Waals surface area contributed by atoms with Gasteiger partial charge in [-0.2, -0.15) is 0 Å². The van der Waals surface area contributed by atoms with Crippen LogP contribution in [-0.4, -0.2) is 34.3 Å². The molecular weight excluding hydrogens is 367 g/mol. The number of aliphatic hydroxyl groups is 1. The highest BCUT2D eigenvalue weighted by Crippen LogP contribution is 2.19. The topological polar surface area (TPSA) is 82.5 Å². The highest BCUT2D eigenvalue weighted by atomic mass is 79.9. The smallest absolute Gasteiger partial charge is 0.354 e. The zero-order valence-electron chi connectivity index (χ0n) is 12.2. The average Bonchev–Trinajstić information content (AvgIpc) is 2.54. The van der Waals surface area contributed by atoms with Gasteiger partial charge in [-0.25, -0.2) is 14.2 Å². The van der Waals surface area contributed by atoms with E-state index in [1.165, 1.54) is 12.1 Å². The molecule has 7 heteroatoms. The highest BCUT2D eigenvalue weighted by Gasteiger charge is 2.13. The van der Waals surface area contributed by atoms with Crippen molar-refractivity contribution in [1.29, 1.82) is 0 Å². The van der Waals surface area contributed by atoms with Crippen molar-refractivity contribution in [3.05, 3.63) is 57.9 Å². The lowest BCUT2D eigenvalue weighted by atomic mass is 9.99. The summed E-state index contributed by atoms with van der Waals surface area (Å²) in [6, 6.07) is 9.29. The van der Waals surface area contributed by atoms with Crippen LogP contribution in [0.2, 0.25) is 0 Å². The van der Waals surface area contributed by atoms with Crippen LogP contribution in [0.1, 0.15) is 16.1 Å². The maximum atomic E-state index is 13.8. The van der Waals surface area contributed by atoms with Gasteiger partial charge < -0.3 is 15.5 Å². The first kappa shape index (κ1) is 17.4. The van der Waals surface area contributed by atoms with E-state index in [4.69, 9.17) is 5.11 Å². The molecule has 1 unspecified atom stereocenters. The molecule has 1 heterocycles. The first-order valence-electron chi connectivity index (χ1n) is 6.98. The number of nitrogens with one attached hydrogen (secondary N) is 1. The molecule has 122 valence electrons. The van der Waals surface area contributed by atoms with Gasteiger partial charge in [-0.1, -0.05) is 22.0 Å². The Labute approximate surface area is 141 Å². The van der Waals surface area contributed by atoms with E-state index in [0.29, 0.717) is 24.3 Å². The number of hydrogen-bond donors (Lipinski definition) is 3. The van der Waals surface area contributed by atoms with Crippen molar-refractivity contribution < 1.29 is 19.4 Å². The predicted octanol–water partition coefficient (Wildman–Crippen LogP) is 2.94. The van der Waals surface area contributed by atoms with Crippen molar-refractivity contribution in [2.24, 2.45) is 5.92 Å². The summed E-state index contributed by atoms with van der Waals surface area (Å²) in [6.07, 6.45) is 0.355.